The molecular weight excluding hydrogens is 295 g/mol. The topological polar surface area (TPSA) is 63.5 Å². The second-order valence-corrected chi connectivity index (χ2v) is 5.51. The van der Waals surface area contributed by atoms with E-state index in [-0.39, 0.29) is 11.5 Å². The van der Waals surface area contributed by atoms with Gasteiger partial charge in [-0.3, -0.25) is 14.9 Å². The molecule has 21 heavy (non-hydrogen) atoms. The number of nitro groups is 1. The molecule has 1 heterocycles. The van der Waals surface area contributed by atoms with Crippen LogP contribution in [0.4, 0.5) is 10.1 Å². The maximum atomic E-state index is 13.5. The van der Waals surface area contributed by atoms with Gasteiger partial charge in [-0.1, -0.05) is 6.07 Å². The molecule has 2 rings (SSSR count). The first-order chi connectivity index (χ1) is 9.99. The van der Waals surface area contributed by atoms with Crippen LogP contribution in [0.2, 0.25) is 0 Å². The molecule has 1 aromatic heterocycles. The number of amides is 1. The molecule has 110 valence electrons. The van der Waals surface area contributed by atoms with E-state index in [1.165, 1.54) is 11.0 Å². The molecule has 7 heteroatoms. The van der Waals surface area contributed by atoms with Crippen molar-refractivity contribution in [2.24, 2.45) is 0 Å². The molecule has 0 N–H and O–H groups in total. The van der Waals surface area contributed by atoms with Crippen molar-refractivity contribution >= 4 is 22.9 Å². The highest BCUT2D eigenvalue weighted by atomic mass is 32.1. The van der Waals surface area contributed by atoms with Gasteiger partial charge in [0.2, 0.25) is 5.82 Å². The largest absolute Gasteiger partial charge is 0.341 e. The average molecular weight is 308 g/mol. The van der Waals surface area contributed by atoms with Gasteiger partial charge in [0.25, 0.3) is 5.91 Å². The summed E-state index contributed by atoms with van der Waals surface area (Å²) in [5.74, 6) is -1.36. The van der Waals surface area contributed by atoms with Gasteiger partial charge < -0.3 is 4.90 Å². The van der Waals surface area contributed by atoms with E-state index < -0.39 is 16.4 Å². The zero-order valence-corrected chi connectivity index (χ0v) is 12.1. The minimum atomic E-state index is -1.00. The van der Waals surface area contributed by atoms with Crippen molar-refractivity contribution in [3.8, 4) is 0 Å². The van der Waals surface area contributed by atoms with Crippen LogP contribution in [0, 0.1) is 15.9 Å². The number of benzene rings is 1. The molecule has 1 aromatic carbocycles. The maximum Gasteiger partial charge on any atom is 0.304 e. The van der Waals surface area contributed by atoms with Crippen LogP contribution in [0.5, 0.6) is 0 Å². The number of nitrogens with zero attached hydrogens (tertiary/aromatic N) is 2. The van der Waals surface area contributed by atoms with Crippen molar-refractivity contribution in [3.63, 3.8) is 0 Å². The fraction of sp³-hybridized carbons (Fsp3) is 0.214. The lowest BCUT2D eigenvalue weighted by Crippen LogP contribution is -2.28. The molecule has 0 aliphatic heterocycles. The van der Waals surface area contributed by atoms with Crippen LogP contribution in [0.15, 0.2) is 35.7 Å². The second kappa shape index (κ2) is 6.45. The van der Waals surface area contributed by atoms with Crippen LogP contribution in [0.3, 0.4) is 0 Å². The third-order valence-corrected chi connectivity index (χ3v) is 3.95. The third kappa shape index (κ3) is 3.63. The van der Waals surface area contributed by atoms with E-state index in [4.69, 9.17) is 0 Å². The van der Waals surface area contributed by atoms with Crippen molar-refractivity contribution in [1.82, 2.24) is 4.90 Å². The average Bonchev–Trinajstić information content (AvgIpc) is 2.96. The molecular formula is C14H13FN2O3S. The summed E-state index contributed by atoms with van der Waals surface area (Å²) in [7, 11) is 1.62. The quantitative estimate of drug-likeness (QED) is 0.630. The van der Waals surface area contributed by atoms with Crippen LogP contribution in [0.25, 0.3) is 0 Å². The van der Waals surface area contributed by atoms with E-state index in [1.54, 1.807) is 18.4 Å². The number of hydrogen-bond donors (Lipinski definition) is 0. The zero-order valence-electron chi connectivity index (χ0n) is 11.3. The third-order valence-electron chi connectivity index (χ3n) is 3.01. The highest BCUT2D eigenvalue weighted by Gasteiger charge is 2.18. The fourth-order valence-electron chi connectivity index (χ4n) is 1.84. The monoisotopic (exact) mass is 308 g/mol. The molecule has 0 spiro atoms. The minimum absolute atomic E-state index is 0.103. The minimum Gasteiger partial charge on any atom is -0.341 e. The van der Waals surface area contributed by atoms with Crippen molar-refractivity contribution in [2.75, 3.05) is 13.6 Å². The Morgan fingerprint density at radius 1 is 1.43 bits per heavy atom. The molecule has 0 bridgehead atoms. The van der Waals surface area contributed by atoms with Crippen molar-refractivity contribution in [1.29, 1.82) is 0 Å². The van der Waals surface area contributed by atoms with E-state index in [1.807, 2.05) is 17.5 Å². The smallest absolute Gasteiger partial charge is 0.304 e. The lowest BCUT2D eigenvalue weighted by Gasteiger charge is -2.16. The second-order valence-electron chi connectivity index (χ2n) is 4.48. The molecule has 0 aliphatic carbocycles. The SMILES string of the molecule is CN(CCc1cccs1)C(=O)c1ccc([N+](=O)[O-])c(F)c1. The Kier molecular flexibility index (Phi) is 4.64. The van der Waals surface area contributed by atoms with Gasteiger partial charge in [-0.2, -0.15) is 4.39 Å². The van der Waals surface area contributed by atoms with Crippen molar-refractivity contribution in [2.45, 2.75) is 6.42 Å². The summed E-state index contributed by atoms with van der Waals surface area (Å²) in [6, 6.07) is 7.10. The molecule has 1 amide bonds. The van der Waals surface area contributed by atoms with Crippen LogP contribution in [0.1, 0.15) is 15.2 Å². The first-order valence-corrected chi connectivity index (χ1v) is 7.09. The normalized spacial score (nSPS) is 10.4. The number of likely N-dealkylation sites (N-methyl/N-ethyl adjacent to an activating group) is 1. The molecule has 0 radical (unpaired) electrons. The van der Waals surface area contributed by atoms with E-state index in [0.29, 0.717) is 6.54 Å². The number of nitro benzene ring substituents is 1. The standard InChI is InChI=1S/C14H13FN2O3S/c1-16(7-6-11-3-2-8-21-11)14(18)10-4-5-13(17(19)20)12(15)9-10/h2-5,8-9H,6-7H2,1H3. The summed E-state index contributed by atoms with van der Waals surface area (Å²) in [5, 5.41) is 12.5. The van der Waals surface area contributed by atoms with Gasteiger partial charge in [0.1, 0.15) is 0 Å². The lowest BCUT2D eigenvalue weighted by atomic mass is 10.1. The van der Waals surface area contributed by atoms with Crippen molar-refractivity contribution in [3.05, 3.63) is 62.1 Å². The summed E-state index contributed by atoms with van der Waals surface area (Å²) in [6.45, 7) is 0.498. The number of halogens is 1. The van der Waals surface area contributed by atoms with E-state index >= 15 is 0 Å². The Balaban J connectivity index is 2.05. The summed E-state index contributed by atoms with van der Waals surface area (Å²) in [6.07, 6.45) is 0.718. The van der Waals surface area contributed by atoms with Gasteiger partial charge >= 0.3 is 5.69 Å². The predicted octanol–water partition coefficient (Wildman–Crippen LogP) is 3.11. The summed E-state index contributed by atoms with van der Waals surface area (Å²) < 4.78 is 13.5. The van der Waals surface area contributed by atoms with E-state index in [2.05, 4.69) is 0 Å². The Bertz CT molecular complexity index is 658. The van der Waals surface area contributed by atoms with Gasteiger partial charge in [0, 0.05) is 30.1 Å². The van der Waals surface area contributed by atoms with Gasteiger partial charge in [-0.05, 0) is 30.0 Å². The summed E-state index contributed by atoms with van der Waals surface area (Å²) in [5.41, 5.74) is -0.528. The summed E-state index contributed by atoms with van der Waals surface area (Å²) >= 11 is 1.61. The first kappa shape index (κ1) is 15.1. The van der Waals surface area contributed by atoms with Crippen LogP contribution in [-0.2, 0) is 6.42 Å². The van der Waals surface area contributed by atoms with Crippen molar-refractivity contribution < 1.29 is 14.1 Å². The predicted molar refractivity (Wildman–Crippen MR) is 78.0 cm³/mol. The first-order valence-electron chi connectivity index (χ1n) is 6.21. The van der Waals surface area contributed by atoms with Gasteiger partial charge in [0.15, 0.2) is 0 Å². The molecule has 0 unspecified atom stereocenters. The maximum absolute atomic E-state index is 13.5. The molecule has 0 aliphatic rings. The van der Waals surface area contributed by atoms with Crippen LogP contribution in [-0.4, -0.2) is 29.3 Å². The zero-order chi connectivity index (χ0) is 15.4. The number of rotatable bonds is 5. The van der Waals surface area contributed by atoms with Gasteiger partial charge in [-0.15, -0.1) is 11.3 Å². The summed E-state index contributed by atoms with van der Waals surface area (Å²) in [4.78, 5) is 24.5. The number of hydrogen-bond acceptors (Lipinski definition) is 4. The molecule has 0 fully saturated rings. The Hall–Kier alpha value is -2.28. The molecule has 0 saturated carbocycles. The number of carbonyl (C=O) groups excluding carboxylic acids is 1. The highest BCUT2D eigenvalue weighted by Crippen LogP contribution is 2.19. The fourth-order valence-corrected chi connectivity index (χ4v) is 2.54. The lowest BCUT2D eigenvalue weighted by molar-refractivity contribution is -0.387. The van der Waals surface area contributed by atoms with Crippen LogP contribution < -0.4 is 0 Å². The molecule has 5 nitrogen and oxygen atoms in total. The molecule has 0 atom stereocenters. The van der Waals surface area contributed by atoms with E-state index in [9.17, 15) is 19.3 Å². The van der Waals surface area contributed by atoms with E-state index in [0.717, 1.165) is 23.4 Å². The van der Waals surface area contributed by atoms with Gasteiger partial charge in [0.05, 0.1) is 4.92 Å². The Morgan fingerprint density at radius 3 is 2.76 bits per heavy atom. The Labute approximate surface area is 124 Å². The highest BCUT2D eigenvalue weighted by molar-refractivity contribution is 7.09. The molecule has 2 aromatic rings. The van der Waals surface area contributed by atoms with Gasteiger partial charge in [-0.25, -0.2) is 0 Å². The number of carbonyl (C=O) groups is 1. The number of thiophene rings is 1. The Morgan fingerprint density at radius 2 is 2.19 bits per heavy atom. The molecule has 0 saturated heterocycles. The van der Waals surface area contributed by atoms with Crippen LogP contribution >= 0.6 is 11.3 Å².